The lowest BCUT2D eigenvalue weighted by Crippen LogP contribution is -2.14. The van der Waals surface area contributed by atoms with Crippen molar-refractivity contribution in [3.8, 4) is 5.75 Å². The van der Waals surface area contributed by atoms with Crippen LogP contribution in [-0.2, 0) is 6.42 Å². The molecule has 1 heterocycles. The molecule has 0 aliphatic rings. The fourth-order valence-electron chi connectivity index (χ4n) is 2.17. The average Bonchev–Trinajstić information content (AvgIpc) is 2.43. The van der Waals surface area contributed by atoms with Gasteiger partial charge in [0, 0.05) is 43.8 Å². The molecule has 0 aliphatic heterocycles. The summed E-state index contributed by atoms with van der Waals surface area (Å²) >= 11 is 0. The van der Waals surface area contributed by atoms with E-state index in [1.54, 1.807) is 7.11 Å². The Balaban J connectivity index is 2.62. The van der Waals surface area contributed by atoms with Gasteiger partial charge in [0.25, 0.3) is 0 Å². The Morgan fingerprint density at radius 3 is 2.74 bits per heavy atom. The van der Waals surface area contributed by atoms with E-state index in [2.05, 4.69) is 36.4 Å². The molecule has 0 radical (unpaired) electrons. The minimum atomic E-state index is 0.826. The minimum Gasteiger partial charge on any atom is -0.494 e. The summed E-state index contributed by atoms with van der Waals surface area (Å²) in [6.45, 7) is 0.917. The largest absolute Gasteiger partial charge is 0.494 e. The maximum Gasteiger partial charge on any atom is 0.145 e. The van der Waals surface area contributed by atoms with Crippen LogP contribution in [0.15, 0.2) is 24.3 Å². The number of nitrogens with one attached hydrogen (secondary N) is 1. The zero-order chi connectivity index (χ0) is 13.8. The summed E-state index contributed by atoms with van der Waals surface area (Å²) in [5.74, 6) is 0.826. The van der Waals surface area contributed by atoms with Gasteiger partial charge >= 0.3 is 0 Å². The summed E-state index contributed by atoms with van der Waals surface area (Å²) in [7, 11) is 7.74. The molecule has 0 aliphatic carbocycles. The molecular formula is C15H21N3O. The Hall–Kier alpha value is -1.81. The van der Waals surface area contributed by atoms with Crippen molar-refractivity contribution in [2.24, 2.45) is 0 Å². The second kappa shape index (κ2) is 5.89. The Morgan fingerprint density at radius 1 is 1.32 bits per heavy atom. The number of benzene rings is 1. The number of hydrogen-bond donors (Lipinski definition) is 1. The van der Waals surface area contributed by atoms with E-state index < -0.39 is 0 Å². The van der Waals surface area contributed by atoms with Gasteiger partial charge in [0.05, 0.1) is 7.11 Å². The van der Waals surface area contributed by atoms with Gasteiger partial charge < -0.3 is 15.0 Å². The molecule has 0 unspecified atom stereocenters. The molecule has 0 saturated carbocycles. The number of anilines is 1. The van der Waals surface area contributed by atoms with Crippen molar-refractivity contribution in [3.63, 3.8) is 0 Å². The molecule has 0 atom stereocenters. The molecule has 2 rings (SSSR count). The molecule has 0 bridgehead atoms. The predicted molar refractivity (Wildman–Crippen MR) is 80.3 cm³/mol. The lowest BCUT2D eigenvalue weighted by atomic mass is 10.1. The summed E-state index contributed by atoms with van der Waals surface area (Å²) in [4.78, 5) is 6.85. The molecule has 0 amide bonds. The van der Waals surface area contributed by atoms with Gasteiger partial charge in [0.2, 0.25) is 0 Å². The van der Waals surface area contributed by atoms with E-state index in [0.29, 0.717) is 0 Å². The fourth-order valence-corrected chi connectivity index (χ4v) is 2.17. The Bertz CT molecular complexity index is 567. The quantitative estimate of drug-likeness (QED) is 0.892. The van der Waals surface area contributed by atoms with Crippen molar-refractivity contribution in [1.29, 1.82) is 0 Å². The molecular weight excluding hydrogens is 238 g/mol. The number of para-hydroxylation sites is 1. The van der Waals surface area contributed by atoms with Crippen LogP contribution in [0, 0.1) is 0 Å². The second-order valence-corrected chi connectivity index (χ2v) is 4.74. The zero-order valence-electron chi connectivity index (χ0n) is 12.0. The first-order valence-corrected chi connectivity index (χ1v) is 6.46. The van der Waals surface area contributed by atoms with Gasteiger partial charge in [0.15, 0.2) is 0 Å². The molecule has 0 spiro atoms. The third-order valence-electron chi connectivity index (χ3n) is 3.17. The van der Waals surface area contributed by atoms with Gasteiger partial charge in [-0.05, 0) is 19.2 Å². The standard InChI is InChI=1S/C15H21N3O/c1-16-9-8-11-10-13(18(2)3)12-6-5-7-14(19-4)15(12)17-11/h5-7,10,16H,8-9H2,1-4H3. The van der Waals surface area contributed by atoms with Gasteiger partial charge in [-0.25, -0.2) is 4.98 Å². The van der Waals surface area contributed by atoms with Crippen LogP contribution < -0.4 is 15.0 Å². The first kappa shape index (κ1) is 13.6. The zero-order valence-corrected chi connectivity index (χ0v) is 12.0. The number of ether oxygens (including phenoxy) is 1. The monoisotopic (exact) mass is 259 g/mol. The number of nitrogens with zero attached hydrogens (tertiary/aromatic N) is 2. The highest BCUT2D eigenvalue weighted by atomic mass is 16.5. The molecule has 19 heavy (non-hydrogen) atoms. The first-order valence-electron chi connectivity index (χ1n) is 6.46. The molecule has 2 aromatic rings. The number of aromatic nitrogens is 1. The van der Waals surface area contributed by atoms with Crippen LogP contribution in [0.25, 0.3) is 10.9 Å². The number of methoxy groups -OCH3 is 1. The maximum absolute atomic E-state index is 5.43. The predicted octanol–water partition coefficient (Wildman–Crippen LogP) is 2.07. The van der Waals surface area contributed by atoms with Gasteiger partial charge in [-0.3, -0.25) is 0 Å². The minimum absolute atomic E-state index is 0.826. The van der Waals surface area contributed by atoms with Gasteiger partial charge in [-0.2, -0.15) is 0 Å². The van der Waals surface area contributed by atoms with Crippen molar-refractivity contribution < 1.29 is 4.74 Å². The fraction of sp³-hybridized carbons (Fsp3) is 0.400. The van der Waals surface area contributed by atoms with Gasteiger partial charge in [-0.1, -0.05) is 12.1 Å². The molecule has 4 nitrogen and oxygen atoms in total. The molecule has 0 saturated heterocycles. The summed E-state index contributed by atoms with van der Waals surface area (Å²) in [6.07, 6.45) is 0.908. The van der Waals surface area contributed by atoms with Crippen LogP contribution in [0.4, 0.5) is 5.69 Å². The molecule has 1 aromatic heterocycles. The molecule has 4 heteroatoms. The first-order chi connectivity index (χ1) is 9.17. The van der Waals surface area contributed by atoms with Gasteiger partial charge in [-0.15, -0.1) is 0 Å². The van der Waals surface area contributed by atoms with Crippen LogP contribution in [0.5, 0.6) is 5.75 Å². The van der Waals surface area contributed by atoms with E-state index in [-0.39, 0.29) is 0 Å². The average molecular weight is 259 g/mol. The third kappa shape index (κ3) is 2.79. The normalized spacial score (nSPS) is 10.7. The summed E-state index contributed by atoms with van der Waals surface area (Å²) in [6, 6.07) is 8.20. The molecule has 0 fully saturated rings. The third-order valence-corrected chi connectivity index (χ3v) is 3.17. The van der Waals surface area contributed by atoms with Crippen LogP contribution in [0.3, 0.4) is 0 Å². The lowest BCUT2D eigenvalue weighted by Gasteiger charge is -2.18. The molecule has 1 aromatic carbocycles. The van der Waals surface area contributed by atoms with Gasteiger partial charge in [0.1, 0.15) is 11.3 Å². The molecule has 1 N–H and O–H groups in total. The maximum atomic E-state index is 5.43. The van der Waals surface area contributed by atoms with E-state index in [0.717, 1.165) is 35.3 Å². The van der Waals surface area contributed by atoms with Crippen LogP contribution in [0.2, 0.25) is 0 Å². The summed E-state index contributed by atoms with van der Waals surface area (Å²) in [5.41, 5.74) is 3.19. The Kier molecular flexibility index (Phi) is 4.22. The van der Waals surface area contributed by atoms with E-state index in [1.807, 2.05) is 19.2 Å². The van der Waals surface area contributed by atoms with E-state index >= 15 is 0 Å². The SMILES string of the molecule is CNCCc1cc(N(C)C)c2cccc(OC)c2n1. The van der Waals surface area contributed by atoms with Crippen molar-refractivity contribution >= 4 is 16.6 Å². The number of fused-ring (bicyclic) bond motifs is 1. The number of pyridine rings is 1. The Labute approximate surface area is 114 Å². The highest BCUT2D eigenvalue weighted by Crippen LogP contribution is 2.31. The van der Waals surface area contributed by atoms with Crippen LogP contribution >= 0.6 is 0 Å². The molecule has 102 valence electrons. The van der Waals surface area contributed by atoms with Crippen molar-refractivity contribution in [2.75, 3.05) is 39.7 Å². The van der Waals surface area contributed by atoms with E-state index in [1.165, 1.54) is 5.69 Å². The van der Waals surface area contributed by atoms with Crippen LogP contribution in [-0.4, -0.2) is 39.8 Å². The second-order valence-electron chi connectivity index (χ2n) is 4.74. The summed E-state index contributed by atoms with van der Waals surface area (Å²) < 4.78 is 5.43. The smallest absolute Gasteiger partial charge is 0.145 e. The highest BCUT2D eigenvalue weighted by molar-refractivity contribution is 5.95. The highest BCUT2D eigenvalue weighted by Gasteiger charge is 2.10. The summed E-state index contributed by atoms with van der Waals surface area (Å²) in [5, 5.41) is 4.28. The van der Waals surface area contributed by atoms with Crippen molar-refractivity contribution in [2.45, 2.75) is 6.42 Å². The Morgan fingerprint density at radius 2 is 2.11 bits per heavy atom. The lowest BCUT2D eigenvalue weighted by molar-refractivity contribution is 0.419. The number of likely N-dealkylation sites (N-methyl/N-ethyl adjacent to an activating group) is 1. The van der Waals surface area contributed by atoms with Crippen LogP contribution in [0.1, 0.15) is 5.69 Å². The number of rotatable bonds is 5. The van der Waals surface area contributed by atoms with E-state index in [9.17, 15) is 0 Å². The number of hydrogen-bond acceptors (Lipinski definition) is 4. The topological polar surface area (TPSA) is 37.4 Å². The van der Waals surface area contributed by atoms with Crippen molar-refractivity contribution in [1.82, 2.24) is 10.3 Å². The van der Waals surface area contributed by atoms with E-state index in [4.69, 9.17) is 9.72 Å². The van der Waals surface area contributed by atoms with Crippen molar-refractivity contribution in [3.05, 3.63) is 30.0 Å².